The summed E-state index contributed by atoms with van der Waals surface area (Å²) in [7, 11) is 0. The Balaban J connectivity index is 1.36. The van der Waals surface area contributed by atoms with Crippen LogP contribution in [0.25, 0.3) is 22.4 Å². The van der Waals surface area contributed by atoms with Gasteiger partial charge in [-0.25, -0.2) is 0 Å². The maximum absolute atomic E-state index is 12.0. The number of nitrogens with zero attached hydrogens (tertiary/aromatic N) is 2. The van der Waals surface area contributed by atoms with E-state index in [2.05, 4.69) is 39.8 Å². The number of carbonyl (C=O) groups excluding carboxylic acids is 1. The first kappa shape index (κ1) is 18.9. The summed E-state index contributed by atoms with van der Waals surface area (Å²) in [5.74, 6) is 0.220. The van der Waals surface area contributed by atoms with Crippen molar-refractivity contribution in [2.24, 2.45) is 0 Å². The molecule has 0 unspecified atom stereocenters. The molecule has 142 valence electrons. The molecule has 0 spiro atoms. The Morgan fingerprint density at radius 2 is 1.31 bits per heavy atom. The van der Waals surface area contributed by atoms with Crippen molar-refractivity contribution in [1.82, 2.24) is 10.2 Å². The smallest absolute Gasteiger partial charge is 0.234 e. The highest BCUT2D eigenvalue weighted by Gasteiger charge is 2.06. The van der Waals surface area contributed by atoms with Crippen LogP contribution >= 0.6 is 11.8 Å². The van der Waals surface area contributed by atoms with E-state index in [0.29, 0.717) is 0 Å². The van der Waals surface area contributed by atoms with Crippen LogP contribution in [0.3, 0.4) is 0 Å². The number of hydrogen-bond acceptors (Lipinski definition) is 4. The van der Waals surface area contributed by atoms with E-state index in [1.807, 2.05) is 72.8 Å². The van der Waals surface area contributed by atoms with Gasteiger partial charge in [-0.1, -0.05) is 84.6 Å². The zero-order chi connectivity index (χ0) is 19.9. The second-order valence-corrected chi connectivity index (χ2v) is 7.40. The summed E-state index contributed by atoms with van der Waals surface area (Å²) in [6.45, 7) is 0. The van der Waals surface area contributed by atoms with Gasteiger partial charge in [-0.15, -0.1) is 10.2 Å². The molecule has 3 aromatic carbocycles. The normalized spacial score (nSPS) is 10.5. The molecule has 4 rings (SSSR count). The molecule has 0 saturated carbocycles. The first-order valence-corrected chi connectivity index (χ1v) is 10.2. The fourth-order valence-electron chi connectivity index (χ4n) is 2.87. The minimum atomic E-state index is -0.0661. The monoisotopic (exact) mass is 397 g/mol. The van der Waals surface area contributed by atoms with Crippen LogP contribution in [0, 0.1) is 0 Å². The standard InChI is InChI=1S/C24H19N3OS/c28-23(25-21-9-5-2-6-10-21)17-29-24-16-15-22(26-27-24)20-13-11-19(12-14-20)18-7-3-1-4-8-18/h1-16H,17H2,(H,25,28). The molecule has 0 atom stereocenters. The molecule has 4 aromatic rings. The fraction of sp³-hybridized carbons (Fsp3) is 0.0417. The van der Waals surface area contributed by atoms with Gasteiger partial charge in [-0.2, -0.15) is 0 Å². The lowest BCUT2D eigenvalue weighted by molar-refractivity contribution is -0.113. The van der Waals surface area contributed by atoms with E-state index in [4.69, 9.17) is 0 Å². The van der Waals surface area contributed by atoms with Crippen molar-refractivity contribution in [1.29, 1.82) is 0 Å². The Hall–Kier alpha value is -3.44. The van der Waals surface area contributed by atoms with Crippen molar-refractivity contribution < 1.29 is 4.79 Å². The molecular weight excluding hydrogens is 378 g/mol. The molecule has 0 aliphatic heterocycles. The van der Waals surface area contributed by atoms with E-state index < -0.39 is 0 Å². The lowest BCUT2D eigenvalue weighted by atomic mass is 10.0. The summed E-state index contributed by atoms with van der Waals surface area (Å²) in [5, 5.41) is 12.1. The number of anilines is 1. The number of thioether (sulfide) groups is 1. The van der Waals surface area contributed by atoms with Gasteiger partial charge in [0.2, 0.25) is 5.91 Å². The summed E-state index contributed by atoms with van der Waals surface area (Å²) in [6, 6.07) is 31.8. The lowest BCUT2D eigenvalue weighted by Gasteiger charge is -2.06. The second-order valence-electron chi connectivity index (χ2n) is 6.40. The number of amides is 1. The molecular formula is C24H19N3OS. The van der Waals surface area contributed by atoms with Gasteiger partial charge in [-0.05, 0) is 35.4 Å². The number of carbonyl (C=O) groups is 1. The Labute approximate surface area is 174 Å². The molecule has 5 heteroatoms. The minimum absolute atomic E-state index is 0.0661. The maximum atomic E-state index is 12.0. The third-order valence-electron chi connectivity index (χ3n) is 4.34. The molecule has 1 N–H and O–H groups in total. The molecule has 29 heavy (non-hydrogen) atoms. The molecule has 1 aromatic heterocycles. The predicted molar refractivity (Wildman–Crippen MR) is 119 cm³/mol. The average molecular weight is 398 g/mol. The first-order chi connectivity index (χ1) is 14.3. The molecule has 0 fully saturated rings. The number of para-hydroxylation sites is 1. The second kappa shape index (κ2) is 9.17. The van der Waals surface area contributed by atoms with Crippen LogP contribution < -0.4 is 5.32 Å². The Kier molecular flexibility index (Phi) is 5.98. The first-order valence-electron chi connectivity index (χ1n) is 9.25. The predicted octanol–water partition coefficient (Wildman–Crippen LogP) is 5.54. The van der Waals surface area contributed by atoms with Gasteiger partial charge in [0.25, 0.3) is 0 Å². The summed E-state index contributed by atoms with van der Waals surface area (Å²) in [6.07, 6.45) is 0. The van der Waals surface area contributed by atoms with Crippen molar-refractivity contribution in [3.63, 3.8) is 0 Å². The van der Waals surface area contributed by atoms with Crippen LogP contribution in [0.2, 0.25) is 0 Å². The topological polar surface area (TPSA) is 54.9 Å². The number of aromatic nitrogens is 2. The van der Waals surface area contributed by atoms with Gasteiger partial charge < -0.3 is 5.32 Å². The summed E-state index contributed by atoms with van der Waals surface area (Å²) in [4.78, 5) is 12.0. The molecule has 4 nitrogen and oxygen atoms in total. The average Bonchev–Trinajstić information content (AvgIpc) is 2.79. The zero-order valence-corrected chi connectivity index (χ0v) is 16.5. The largest absolute Gasteiger partial charge is 0.325 e. The summed E-state index contributed by atoms with van der Waals surface area (Å²) in [5.41, 5.74) is 4.96. The molecule has 0 aliphatic carbocycles. The van der Waals surface area contributed by atoms with Crippen LogP contribution in [-0.2, 0) is 4.79 Å². The Morgan fingerprint density at radius 3 is 1.97 bits per heavy atom. The van der Waals surface area contributed by atoms with Crippen LogP contribution in [-0.4, -0.2) is 21.9 Å². The van der Waals surface area contributed by atoms with Crippen molar-refractivity contribution in [2.75, 3.05) is 11.1 Å². The van der Waals surface area contributed by atoms with Gasteiger partial charge in [0, 0.05) is 11.3 Å². The molecule has 1 heterocycles. The van der Waals surface area contributed by atoms with Crippen LogP contribution in [0.5, 0.6) is 0 Å². The molecule has 0 aliphatic rings. The molecule has 0 bridgehead atoms. The quantitative estimate of drug-likeness (QED) is 0.434. The summed E-state index contributed by atoms with van der Waals surface area (Å²) >= 11 is 1.37. The van der Waals surface area contributed by atoms with E-state index in [-0.39, 0.29) is 11.7 Å². The molecule has 0 saturated heterocycles. The van der Waals surface area contributed by atoms with E-state index in [0.717, 1.165) is 22.0 Å². The van der Waals surface area contributed by atoms with Gasteiger partial charge in [0.15, 0.2) is 0 Å². The highest BCUT2D eigenvalue weighted by atomic mass is 32.2. The van der Waals surface area contributed by atoms with Crippen LogP contribution in [0.15, 0.2) is 102 Å². The van der Waals surface area contributed by atoms with Gasteiger partial charge in [-0.3, -0.25) is 4.79 Å². The van der Waals surface area contributed by atoms with Crippen molar-refractivity contribution in [2.45, 2.75) is 5.03 Å². The van der Waals surface area contributed by atoms with E-state index in [1.54, 1.807) is 0 Å². The summed E-state index contributed by atoms with van der Waals surface area (Å²) < 4.78 is 0. The minimum Gasteiger partial charge on any atom is -0.325 e. The lowest BCUT2D eigenvalue weighted by Crippen LogP contribution is -2.13. The highest BCUT2D eigenvalue weighted by Crippen LogP contribution is 2.24. The van der Waals surface area contributed by atoms with Gasteiger partial charge >= 0.3 is 0 Å². The van der Waals surface area contributed by atoms with Crippen LogP contribution in [0.4, 0.5) is 5.69 Å². The maximum Gasteiger partial charge on any atom is 0.234 e. The number of hydrogen-bond donors (Lipinski definition) is 1. The molecule has 0 radical (unpaired) electrons. The van der Waals surface area contributed by atoms with Gasteiger partial charge in [0.1, 0.15) is 5.03 Å². The van der Waals surface area contributed by atoms with E-state index in [1.165, 1.54) is 22.9 Å². The van der Waals surface area contributed by atoms with E-state index in [9.17, 15) is 4.79 Å². The SMILES string of the molecule is O=C(CSc1ccc(-c2ccc(-c3ccccc3)cc2)nn1)Nc1ccccc1. The van der Waals surface area contributed by atoms with Crippen molar-refractivity contribution >= 4 is 23.4 Å². The third-order valence-corrected chi connectivity index (χ3v) is 5.26. The third kappa shape index (κ3) is 5.09. The fourth-order valence-corrected chi connectivity index (χ4v) is 3.49. The Bertz CT molecular complexity index is 1070. The number of benzene rings is 3. The Morgan fingerprint density at radius 1 is 0.690 bits per heavy atom. The van der Waals surface area contributed by atoms with Crippen LogP contribution in [0.1, 0.15) is 0 Å². The zero-order valence-electron chi connectivity index (χ0n) is 15.7. The van der Waals surface area contributed by atoms with Crippen molar-refractivity contribution in [3.05, 3.63) is 97.1 Å². The van der Waals surface area contributed by atoms with Gasteiger partial charge in [0.05, 0.1) is 11.4 Å². The number of nitrogens with one attached hydrogen (secondary N) is 1. The van der Waals surface area contributed by atoms with E-state index >= 15 is 0 Å². The molecule has 1 amide bonds. The highest BCUT2D eigenvalue weighted by molar-refractivity contribution is 7.99. The number of rotatable bonds is 6. The van der Waals surface area contributed by atoms with Crippen molar-refractivity contribution in [3.8, 4) is 22.4 Å².